The maximum Gasteiger partial charge on any atom is 0.0218 e. The largest absolute Gasteiger partial charge is 0.329 e. The van der Waals surface area contributed by atoms with Gasteiger partial charge >= 0.3 is 0 Å². The highest BCUT2D eigenvalue weighted by atomic mass is 15.2. The van der Waals surface area contributed by atoms with Crippen LogP contribution in [0.15, 0.2) is 0 Å². The number of nitrogens with zero attached hydrogens (tertiary/aromatic N) is 1. The molecular formula is C12H26N2. The number of hydrogen-bond acceptors (Lipinski definition) is 2. The van der Waals surface area contributed by atoms with E-state index < -0.39 is 0 Å². The van der Waals surface area contributed by atoms with Gasteiger partial charge in [0, 0.05) is 19.1 Å². The molecule has 2 N–H and O–H groups in total. The zero-order valence-corrected chi connectivity index (χ0v) is 9.84. The van der Waals surface area contributed by atoms with Crippen molar-refractivity contribution in [2.75, 3.05) is 19.6 Å². The molecule has 0 bridgehead atoms. The van der Waals surface area contributed by atoms with Crippen molar-refractivity contribution in [3.05, 3.63) is 0 Å². The van der Waals surface area contributed by atoms with E-state index in [4.69, 9.17) is 5.73 Å². The summed E-state index contributed by atoms with van der Waals surface area (Å²) in [6.45, 7) is 7.89. The Bertz CT molecular complexity index is 143. The van der Waals surface area contributed by atoms with E-state index in [0.29, 0.717) is 6.04 Å². The van der Waals surface area contributed by atoms with Crippen LogP contribution in [0, 0.1) is 5.92 Å². The molecule has 2 heteroatoms. The van der Waals surface area contributed by atoms with Gasteiger partial charge < -0.3 is 5.73 Å². The van der Waals surface area contributed by atoms with Crippen molar-refractivity contribution in [2.24, 2.45) is 11.7 Å². The zero-order chi connectivity index (χ0) is 10.4. The fourth-order valence-corrected chi connectivity index (χ4v) is 2.12. The van der Waals surface area contributed by atoms with Gasteiger partial charge in [-0.05, 0) is 38.1 Å². The van der Waals surface area contributed by atoms with Crippen LogP contribution in [0.4, 0.5) is 0 Å². The van der Waals surface area contributed by atoms with Crippen molar-refractivity contribution >= 4 is 0 Å². The summed E-state index contributed by atoms with van der Waals surface area (Å²) in [4.78, 5) is 2.63. The SMILES string of the molecule is CCCC(CN)N(CCC)CC1CC1. The van der Waals surface area contributed by atoms with Crippen molar-refractivity contribution in [1.29, 1.82) is 0 Å². The van der Waals surface area contributed by atoms with Crippen LogP contribution in [0.3, 0.4) is 0 Å². The third-order valence-corrected chi connectivity index (χ3v) is 3.11. The lowest BCUT2D eigenvalue weighted by Crippen LogP contribution is -2.42. The highest BCUT2D eigenvalue weighted by Crippen LogP contribution is 2.30. The summed E-state index contributed by atoms with van der Waals surface area (Å²) in [5.41, 5.74) is 5.84. The summed E-state index contributed by atoms with van der Waals surface area (Å²) in [7, 11) is 0. The van der Waals surface area contributed by atoms with Gasteiger partial charge in [-0.25, -0.2) is 0 Å². The van der Waals surface area contributed by atoms with Gasteiger partial charge in [-0.3, -0.25) is 4.90 Å². The van der Waals surface area contributed by atoms with E-state index in [1.807, 2.05) is 0 Å². The normalized spacial score (nSPS) is 18.9. The van der Waals surface area contributed by atoms with E-state index in [9.17, 15) is 0 Å². The lowest BCUT2D eigenvalue weighted by Gasteiger charge is -2.30. The number of nitrogens with two attached hydrogens (primary N) is 1. The Morgan fingerprint density at radius 1 is 1.29 bits per heavy atom. The molecule has 1 atom stereocenters. The van der Waals surface area contributed by atoms with Crippen LogP contribution in [0.2, 0.25) is 0 Å². The van der Waals surface area contributed by atoms with Crippen molar-refractivity contribution in [3.8, 4) is 0 Å². The van der Waals surface area contributed by atoms with Gasteiger partial charge in [0.15, 0.2) is 0 Å². The molecule has 2 nitrogen and oxygen atoms in total. The molecule has 0 radical (unpaired) electrons. The lowest BCUT2D eigenvalue weighted by molar-refractivity contribution is 0.182. The van der Waals surface area contributed by atoms with Gasteiger partial charge in [-0.15, -0.1) is 0 Å². The van der Waals surface area contributed by atoms with Crippen LogP contribution in [-0.2, 0) is 0 Å². The Hall–Kier alpha value is -0.0800. The first-order chi connectivity index (χ1) is 6.81. The van der Waals surface area contributed by atoms with Crippen LogP contribution in [0.5, 0.6) is 0 Å². The minimum atomic E-state index is 0.639. The van der Waals surface area contributed by atoms with Crippen LogP contribution < -0.4 is 5.73 Å². The van der Waals surface area contributed by atoms with Gasteiger partial charge in [-0.1, -0.05) is 20.3 Å². The molecule has 0 aliphatic heterocycles. The predicted molar refractivity (Wildman–Crippen MR) is 62.3 cm³/mol. The first-order valence-corrected chi connectivity index (χ1v) is 6.25. The Morgan fingerprint density at radius 3 is 2.43 bits per heavy atom. The molecule has 1 fully saturated rings. The molecule has 1 saturated carbocycles. The first-order valence-electron chi connectivity index (χ1n) is 6.25. The molecule has 0 heterocycles. The quantitative estimate of drug-likeness (QED) is 0.648. The number of hydrogen-bond donors (Lipinski definition) is 1. The third-order valence-electron chi connectivity index (χ3n) is 3.11. The van der Waals surface area contributed by atoms with E-state index in [1.165, 1.54) is 45.2 Å². The fourth-order valence-electron chi connectivity index (χ4n) is 2.12. The fraction of sp³-hybridized carbons (Fsp3) is 1.00. The molecule has 1 unspecified atom stereocenters. The van der Waals surface area contributed by atoms with Crippen LogP contribution in [-0.4, -0.2) is 30.6 Å². The molecule has 0 amide bonds. The van der Waals surface area contributed by atoms with Crippen molar-refractivity contribution in [1.82, 2.24) is 4.90 Å². The maximum absolute atomic E-state index is 5.84. The van der Waals surface area contributed by atoms with Gasteiger partial charge in [0.25, 0.3) is 0 Å². The lowest BCUT2D eigenvalue weighted by atomic mass is 10.1. The van der Waals surface area contributed by atoms with Gasteiger partial charge in [0.1, 0.15) is 0 Å². The standard InChI is InChI=1S/C12H26N2/c1-3-5-12(9-13)14(8-4-2)10-11-6-7-11/h11-12H,3-10,13H2,1-2H3. The summed E-state index contributed by atoms with van der Waals surface area (Å²) >= 11 is 0. The topological polar surface area (TPSA) is 29.3 Å². The highest BCUT2D eigenvalue weighted by Gasteiger charge is 2.26. The van der Waals surface area contributed by atoms with Crippen LogP contribution in [0.25, 0.3) is 0 Å². The second-order valence-corrected chi connectivity index (χ2v) is 4.62. The molecule has 0 aromatic carbocycles. The smallest absolute Gasteiger partial charge is 0.0218 e. The van der Waals surface area contributed by atoms with Gasteiger partial charge in [-0.2, -0.15) is 0 Å². The summed E-state index contributed by atoms with van der Waals surface area (Å²) < 4.78 is 0. The summed E-state index contributed by atoms with van der Waals surface area (Å²) in [5, 5.41) is 0. The summed E-state index contributed by atoms with van der Waals surface area (Å²) in [6.07, 6.45) is 6.68. The molecule has 0 spiro atoms. The Balaban J connectivity index is 2.34. The number of rotatable bonds is 8. The first kappa shape index (κ1) is 12.0. The van der Waals surface area contributed by atoms with E-state index in [0.717, 1.165) is 12.5 Å². The molecule has 1 aliphatic rings. The predicted octanol–water partition coefficient (Wildman–Crippen LogP) is 2.24. The van der Waals surface area contributed by atoms with Gasteiger partial charge in [0.05, 0.1) is 0 Å². The van der Waals surface area contributed by atoms with E-state index in [-0.39, 0.29) is 0 Å². The van der Waals surface area contributed by atoms with E-state index in [2.05, 4.69) is 18.7 Å². The zero-order valence-electron chi connectivity index (χ0n) is 9.84. The van der Waals surface area contributed by atoms with E-state index in [1.54, 1.807) is 0 Å². The molecule has 0 aromatic heterocycles. The molecule has 1 rings (SSSR count). The molecule has 0 aromatic rings. The Kier molecular flexibility index (Phi) is 5.49. The minimum Gasteiger partial charge on any atom is -0.329 e. The third kappa shape index (κ3) is 3.97. The van der Waals surface area contributed by atoms with Gasteiger partial charge in [0.2, 0.25) is 0 Å². The highest BCUT2D eigenvalue weighted by molar-refractivity contribution is 4.81. The molecule has 0 saturated heterocycles. The molecular weight excluding hydrogens is 172 g/mol. The van der Waals surface area contributed by atoms with Crippen molar-refractivity contribution < 1.29 is 0 Å². The summed E-state index contributed by atoms with van der Waals surface area (Å²) in [6, 6.07) is 0.639. The maximum atomic E-state index is 5.84. The minimum absolute atomic E-state index is 0.639. The van der Waals surface area contributed by atoms with Crippen molar-refractivity contribution in [2.45, 2.75) is 52.0 Å². The monoisotopic (exact) mass is 198 g/mol. The van der Waals surface area contributed by atoms with Crippen LogP contribution >= 0.6 is 0 Å². The van der Waals surface area contributed by atoms with E-state index >= 15 is 0 Å². The second kappa shape index (κ2) is 6.41. The molecule has 84 valence electrons. The molecule has 1 aliphatic carbocycles. The second-order valence-electron chi connectivity index (χ2n) is 4.62. The summed E-state index contributed by atoms with van der Waals surface area (Å²) in [5.74, 6) is 0.993. The van der Waals surface area contributed by atoms with Crippen LogP contribution in [0.1, 0.15) is 46.0 Å². The average Bonchev–Trinajstić information content (AvgIpc) is 2.97. The Labute approximate surface area is 88.8 Å². The van der Waals surface area contributed by atoms with Crippen molar-refractivity contribution in [3.63, 3.8) is 0 Å². The Morgan fingerprint density at radius 2 is 2.00 bits per heavy atom. The average molecular weight is 198 g/mol. The molecule has 14 heavy (non-hydrogen) atoms.